The molecule has 4 rings (SSSR count). The van der Waals surface area contributed by atoms with Crippen LogP contribution < -0.4 is 4.74 Å². The second-order valence-corrected chi connectivity index (χ2v) is 9.58. The van der Waals surface area contributed by atoms with Gasteiger partial charge >= 0.3 is 6.18 Å². The van der Waals surface area contributed by atoms with Gasteiger partial charge in [0.1, 0.15) is 12.4 Å². The van der Waals surface area contributed by atoms with Crippen molar-refractivity contribution in [2.75, 3.05) is 0 Å². The molecule has 3 aromatic carbocycles. The average molecular weight is 451 g/mol. The third-order valence-electron chi connectivity index (χ3n) is 4.48. The summed E-state index contributed by atoms with van der Waals surface area (Å²) in [4.78, 5) is 1.98. The quantitative estimate of drug-likeness (QED) is 0.423. The van der Waals surface area contributed by atoms with E-state index >= 15 is 0 Å². The molecule has 0 amide bonds. The number of hydrogen-bond donors (Lipinski definition) is 2. The van der Waals surface area contributed by atoms with Gasteiger partial charge in [-0.2, -0.15) is 13.2 Å². The zero-order valence-electron chi connectivity index (χ0n) is 15.5. The van der Waals surface area contributed by atoms with Gasteiger partial charge < -0.3 is 4.74 Å². The molecular weight excluding hydrogens is 433 g/mol. The van der Waals surface area contributed by atoms with Gasteiger partial charge in [0.2, 0.25) is 0 Å². The Hall–Kier alpha value is -2.39. The van der Waals surface area contributed by atoms with E-state index in [-0.39, 0.29) is 6.61 Å². The molecule has 0 atom stereocenters. The highest BCUT2D eigenvalue weighted by atomic mass is 32.3. The second-order valence-electron chi connectivity index (χ2n) is 6.60. The fourth-order valence-electron chi connectivity index (χ4n) is 3.04. The van der Waals surface area contributed by atoms with Gasteiger partial charge in [0.05, 0.1) is 16.0 Å². The topological polar surface area (TPSA) is 49.7 Å². The van der Waals surface area contributed by atoms with Crippen LogP contribution >= 0.6 is 22.4 Å². The van der Waals surface area contributed by atoms with Crippen molar-refractivity contribution in [3.63, 3.8) is 0 Å². The van der Waals surface area contributed by atoms with Crippen LogP contribution in [0.3, 0.4) is 0 Å². The molecule has 156 valence electrons. The van der Waals surface area contributed by atoms with Gasteiger partial charge in [-0.1, -0.05) is 48.2 Å². The van der Waals surface area contributed by atoms with Crippen molar-refractivity contribution in [2.24, 2.45) is 0 Å². The standard InChI is InChI=1S/C22H17F3O3S2/c23-22(24,25)16-11-9-15(10-12-16)13-28-18-7-4-8-20-21(18)19(14-30(20,26)27)29-17-5-2-1-3-6-17/h1-12,14,26-27H,13H2. The average Bonchev–Trinajstić information content (AvgIpc) is 2.97. The largest absolute Gasteiger partial charge is 0.488 e. The molecule has 1 heterocycles. The molecular formula is C22H17F3O3S2. The second kappa shape index (κ2) is 8.03. The van der Waals surface area contributed by atoms with E-state index in [2.05, 4.69) is 0 Å². The monoisotopic (exact) mass is 450 g/mol. The molecule has 0 saturated heterocycles. The third-order valence-corrected chi connectivity index (χ3v) is 7.23. The SMILES string of the molecule is OS1(O)C=C(Sc2ccccc2)c2c(OCc3ccc(C(F)(F)F)cc3)cccc21. The molecule has 0 unspecified atom stereocenters. The fourth-order valence-corrected chi connectivity index (χ4v) is 5.89. The van der Waals surface area contributed by atoms with Crippen LogP contribution in [-0.4, -0.2) is 9.11 Å². The summed E-state index contributed by atoms with van der Waals surface area (Å²) in [7, 11) is -3.09. The molecule has 0 aromatic heterocycles. The molecule has 0 aliphatic carbocycles. The summed E-state index contributed by atoms with van der Waals surface area (Å²) in [6.07, 6.45) is -4.39. The van der Waals surface area contributed by atoms with Crippen LogP contribution in [0.25, 0.3) is 4.91 Å². The van der Waals surface area contributed by atoms with Gasteiger partial charge in [-0.05, 0) is 42.0 Å². The van der Waals surface area contributed by atoms with Crippen LogP contribution in [0, 0.1) is 0 Å². The van der Waals surface area contributed by atoms with Crippen LogP contribution in [0.1, 0.15) is 16.7 Å². The molecule has 0 spiro atoms. The van der Waals surface area contributed by atoms with Gasteiger partial charge in [0, 0.05) is 15.2 Å². The van der Waals surface area contributed by atoms with E-state index in [1.807, 2.05) is 30.3 Å². The number of alkyl halides is 3. The Morgan fingerprint density at radius 1 is 0.867 bits per heavy atom. The first-order valence-electron chi connectivity index (χ1n) is 8.89. The molecule has 0 saturated carbocycles. The normalized spacial score (nSPS) is 16.0. The summed E-state index contributed by atoms with van der Waals surface area (Å²) in [6, 6.07) is 19.3. The first-order valence-corrected chi connectivity index (χ1v) is 11.3. The van der Waals surface area contributed by atoms with Gasteiger partial charge in [0.25, 0.3) is 0 Å². The highest BCUT2D eigenvalue weighted by Gasteiger charge is 2.32. The zero-order chi connectivity index (χ0) is 21.4. The number of halogens is 3. The van der Waals surface area contributed by atoms with Crippen LogP contribution in [0.4, 0.5) is 13.2 Å². The molecule has 1 aliphatic heterocycles. The lowest BCUT2D eigenvalue weighted by Gasteiger charge is -2.25. The number of rotatable bonds is 5. The first kappa shape index (κ1) is 20.9. The van der Waals surface area contributed by atoms with Crippen LogP contribution in [0.15, 0.2) is 88.0 Å². The number of thioether (sulfide) groups is 1. The summed E-state index contributed by atoms with van der Waals surface area (Å²) in [5.41, 5.74) is 0.454. The number of hydrogen-bond acceptors (Lipinski definition) is 4. The Kier molecular flexibility index (Phi) is 5.59. The Balaban J connectivity index is 1.59. The Labute approximate surface area is 177 Å². The third kappa shape index (κ3) is 4.37. The molecule has 3 nitrogen and oxygen atoms in total. The molecule has 30 heavy (non-hydrogen) atoms. The summed E-state index contributed by atoms with van der Waals surface area (Å²) in [6.45, 7) is 0.0526. The molecule has 0 fully saturated rings. The lowest BCUT2D eigenvalue weighted by Crippen LogP contribution is -2.05. The highest BCUT2D eigenvalue weighted by Crippen LogP contribution is 2.63. The van der Waals surface area contributed by atoms with Crippen molar-refractivity contribution in [3.05, 3.63) is 94.9 Å². The summed E-state index contributed by atoms with van der Waals surface area (Å²) >= 11 is 1.39. The molecule has 0 bridgehead atoms. The number of ether oxygens (including phenoxy) is 1. The maximum absolute atomic E-state index is 12.7. The van der Waals surface area contributed by atoms with Crippen molar-refractivity contribution in [3.8, 4) is 5.75 Å². The van der Waals surface area contributed by atoms with Crippen molar-refractivity contribution in [1.29, 1.82) is 0 Å². The number of benzene rings is 3. The minimum atomic E-state index is -4.39. The van der Waals surface area contributed by atoms with Crippen molar-refractivity contribution in [1.82, 2.24) is 0 Å². The van der Waals surface area contributed by atoms with E-state index in [0.29, 0.717) is 26.7 Å². The van der Waals surface area contributed by atoms with E-state index in [0.717, 1.165) is 17.0 Å². The van der Waals surface area contributed by atoms with E-state index in [1.54, 1.807) is 18.2 Å². The Morgan fingerprint density at radius 2 is 1.57 bits per heavy atom. The van der Waals surface area contributed by atoms with Crippen LogP contribution in [-0.2, 0) is 12.8 Å². The summed E-state index contributed by atoms with van der Waals surface area (Å²) in [5.74, 6) is 0.444. The minimum absolute atomic E-state index is 0.0526. The van der Waals surface area contributed by atoms with Crippen molar-refractivity contribution in [2.45, 2.75) is 22.6 Å². The van der Waals surface area contributed by atoms with Crippen molar-refractivity contribution < 1.29 is 27.0 Å². The predicted octanol–water partition coefficient (Wildman–Crippen LogP) is 7.50. The smallest absolute Gasteiger partial charge is 0.416 e. The van der Waals surface area contributed by atoms with E-state index in [1.165, 1.54) is 29.3 Å². The zero-order valence-corrected chi connectivity index (χ0v) is 17.1. The van der Waals surface area contributed by atoms with E-state index in [9.17, 15) is 22.3 Å². The lowest BCUT2D eigenvalue weighted by molar-refractivity contribution is -0.137. The maximum atomic E-state index is 12.7. The molecule has 0 radical (unpaired) electrons. The Bertz CT molecular complexity index is 1080. The molecule has 1 aliphatic rings. The predicted molar refractivity (Wildman–Crippen MR) is 114 cm³/mol. The van der Waals surface area contributed by atoms with E-state index < -0.39 is 22.3 Å². The van der Waals surface area contributed by atoms with Gasteiger partial charge in [-0.15, -0.1) is 10.6 Å². The Morgan fingerprint density at radius 3 is 2.23 bits per heavy atom. The molecule has 3 aromatic rings. The van der Waals surface area contributed by atoms with E-state index in [4.69, 9.17) is 4.74 Å². The number of fused-ring (bicyclic) bond motifs is 1. The molecule has 2 N–H and O–H groups in total. The summed E-state index contributed by atoms with van der Waals surface area (Å²) < 4.78 is 65.1. The lowest BCUT2D eigenvalue weighted by atomic mass is 10.1. The minimum Gasteiger partial charge on any atom is -0.488 e. The first-order chi connectivity index (χ1) is 14.2. The van der Waals surface area contributed by atoms with Crippen LogP contribution in [0.5, 0.6) is 5.75 Å². The molecule has 8 heteroatoms. The fraction of sp³-hybridized carbons (Fsp3) is 0.0909. The highest BCUT2D eigenvalue weighted by molar-refractivity contribution is 8.28. The van der Waals surface area contributed by atoms with Gasteiger partial charge in [-0.3, -0.25) is 9.11 Å². The maximum Gasteiger partial charge on any atom is 0.416 e. The van der Waals surface area contributed by atoms with Gasteiger partial charge in [-0.25, -0.2) is 0 Å². The summed E-state index contributed by atoms with van der Waals surface area (Å²) in [5, 5.41) is 1.44. The van der Waals surface area contributed by atoms with Crippen molar-refractivity contribution >= 4 is 27.3 Å². The van der Waals surface area contributed by atoms with Crippen LogP contribution in [0.2, 0.25) is 0 Å². The van der Waals surface area contributed by atoms with Gasteiger partial charge in [0.15, 0.2) is 0 Å².